The first-order valence-corrected chi connectivity index (χ1v) is 5.33. The van der Waals surface area contributed by atoms with Crippen LogP contribution in [0.2, 0.25) is 0 Å². The average Bonchev–Trinajstić information content (AvgIpc) is 2.17. The molecule has 0 aromatic heterocycles. The molecular formula is C13H18O2. The third-order valence-corrected chi connectivity index (χ3v) is 2.20. The van der Waals surface area contributed by atoms with E-state index in [2.05, 4.69) is 13.8 Å². The molecule has 2 nitrogen and oxygen atoms in total. The van der Waals surface area contributed by atoms with Crippen molar-refractivity contribution in [2.75, 3.05) is 6.61 Å². The second-order valence-electron chi connectivity index (χ2n) is 4.12. The highest BCUT2D eigenvalue weighted by Crippen LogP contribution is 2.14. The highest BCUT2D eigenvalue weighted by molar-refractivity contribution is 5.94. The van der Waals surface area contributed by atoms with Gasteiger partial charge < -0.3 is 4.74 Å². The van der Waals surface area contributed by atoms with Crippen LogP contribution in [0.15, 0.2) is 24.3 Å². The predicted octanol–water partition coefficient (Wildman–Crippen LogP) is 3.31. The minimum atomic E-state index is 0.0734. The highest BCUT2D eigenvalue weighted by atomic mass is 16.5. The van der Waals surface area contributed by atoms with Crippen LogP contribution in [-0.4, -0.2) is 12.4 Å². The predicted molar refractivity (Wildman–Crippen MR) is 61.4 cm³/mol. The van der Waals surface area contributed by atoms with Gasteiger partial charge in [-0.1, -0.05) is 26.0 Å². The Balaban J connectivity index is 2.54. The summed E-state index contributed by atoms with van der Waals surface area (Å²) in [5.74, 6) is 1.49. The summed E-state index contributed by atoms with van der Waals surface area (Å²) in [5, 5.41) is 0. The molecule has 1 aromatic carbocycles. The van der Waals surface area contributed by atoms with E-state index in [-0.39, 0.29) is 5.78 Å². The maximum absolute atomic E-state index is 11.1. The molecule has 0 bridgehead atoms. The molecule has 15 heavy (non-hydrogen) atoms. The van der Waals surface area contributed by atoms with Crippen LogP contribution in [0.25, 0.3) is 0 Å². The minimum absolute atomic E-state index is 0.0734. The average molecular weight is 206 g/mol. The first-order valence-electron chi connectivity index (χ1n) is 5.33. The number of carbonyl (C=O) groups excluding carboxylic acids is 1. The van der Waals surface area contributed by atoms with Crippen molar-refractivity contribution in [2.45, 2.75) is 27.2 Å². The zero-order chi connectivity index (χ0) is 11.3. The van der Waals surface area contributed by atoms with Gasteiger partial charge in [0.15, 0.2) is 5.78 Å². The lowest BCUT2D eigenvalue weighted by atomic mass is 10.1. The molecule has 1 aromatic rings. The SMILES string of the molecule is CC(=O)c1cccc(OCCC(C)C)c1. The molecule has 0 aliphatic carbocycles. The Hall–Kier alpha value is -1.31. The molecule has 0 unspecified atom stereocenters. The number of ketones is 1. The number of carbonyl (C=O) groups is 1. The summed E-state index contributed by atoms with van der Waals surface area (Å²) in [6.07, 6.45) is 1.03. The number of benzene rings is 1. The molecule has 0 N–H and O–H groups in total. The first-order chi connectivity index (χ1) is 7.09. The van der Waals surface area contributed by atoms with Crippen LogP contribution < -0.4 is 4.74 Å². The van der Waals surface area contributed by atoms with E-state index in [4.69, 9.17) is 4.74 Å². The monoisotopic (exact) mass is 206 g/mol. The van der Waals surface area contributed by atoms with Gasteiger partial charge in [-0.25, -0.2) is 0 Å². The molecule has 0 heterocycles. The maximum Gasteiger partial charge on any atom is 0.159 e. The highest BCUT2D eigenvalue weighted by Gasteiger charge is 2.01. The molecule has 0 radical (unpaired) electrons. The summed E-state index contributed by atoms with van der Waals surface area (Å²) in [6.45, 7) is 6.59. The van der Waals surface area contributed by atoms with Crippen molar-refractivity contribution in [3.63, 3.8) is 0 Å². The quantitative estimate of drug-likeness (QED) is 0.691. The summed E-state index contributed by atoms with van der Waals surface area (Å²) in [4.78, 5) is 11.1. The second-order valence-corrected chi connectivity index (χ2v) is 4.12. The normalized spacial score (nSPS) is 10.4. The van der Waals surface area contributed by atoms with Crippen LogP contribution in [0.3, 0.4) is 0 Å². The molecule has 1 rings (SSSR count). The zero-order valence-corrected chi connectivity index (χ0v) is 9.62. The van der Waals surface area contributed by atoms with E-state index < -0.39 is 0 Å². The number of hydrogen-bond donors (Lipinski definition) is 0. The van der Waals surface area contributed by atoms with Crippen molar-refractivity contribution in [3.8, 4) is 5.75 Å². The van der Waals surface area contributed by atoms with E-state index in [1.54, 1.807) is 19.1 Å². The first kappa shape index (κ1) is 11.8. The van der Waals surface area contributed by atoms with E-state index in [9.17, 15) is 4.79 Å². The molecule has 0 fully saturated rings. The van der Waals surface area contributed by atoms with Crippen molar-refractivity contribution >= 4 is 5.78 Å². The van der Waals surface area contributed by atoms with E-state index >= 15 is 0 Å². The topological polar surface area (TPSA) is 26.3 Å². The summed E-state index contributed by atoms with van der Waals surface area (Å²) in [5.41, 5.74) is 0.706. The molecule has 0 aliphatic rings. The van der Waals surface area contributed by atoms with Gasteiger partial charge in [-0.05, 0) is 31.4 Å². The molecule has 2 heteroatoms. The molecule has 0 atom stereocenters. The van der Waals surface area contributed by atoms with Crippen LogP contribution in [0.5, 0.6) is 5.75 Å². The molecule has 0 saturated heterocycles. The van der Waals surface area contributed by atoms with Crippen LogP contribution in [0, 0.1) is 5.92 Å². The smallest absolute Gasteiger partial charge is 0.159 e. The van der Waals surface area contributed by atoms with Crippen molar-refractivity contribution in [2.24, 2.45) is 5.92 Å². The van der Waals surface area contributed by atoms with Gasteiger partial charge in [0.25, 0.3) is 0 Å². The Morgan fingerprint density at radius 1 is 1.40 bits per heavy atom. The van der Waals surface area contributed by atoms with E-state index in [0.717, 1.165) is 12.2 Å². The van der Waals surface area contributed by atoms with Gasteiger partial charge in [0.05, 0.1) is 6.61 Å². The summed E-state index contributed by atoms with van der Waals surface area (Å²) >= 11 is 0. The number of ether oxygens (including phenoxy) is 1. The largest absolute Gasteiger partial charge is 0.494 e. The molecule has 0 aliphatic heterocycles. The number of Topliss-reactive ketones (excluding diaryl/α,β-unsaturated/α-hetero) is 1. The lowest BCUT2D eigenvalue weighted by Crippen LogP contribution is -2.02. The van der Waals surface area contributed by atoms with Gasteiger partial charge in [0.2, 0.25) is 0 Å². The summed E-state index contributed by atoms with van der Waals surface area (Å²) < 4.78 is 5.56. The van der Waals surface area contributed by atoms with Gasteiger partial charge >= 0.3 is 0 Å². The van der Waals surface area contributed by atoms with Crippen LogP contribution in [0.1, 0.15) is 37.6 Å². The van der Waals surface area contributed by atoms with Gasteiger partial charge in [-0.3, -0.25) is 4.79 Å². The number of hydrogen-bond acceptors (Lipinski definition) is 2. The van der Waals surface area contributed by atoms with Gasteiger partial charge in [0.1, 0.15) is 5.75 Å². The van der Waals surface area contributed by atoms with E-state index in [0.29, 0.717) is 18.1 Å². The molecular weight excluding hydrogens is 188 g/mol. The fourth-order valence-corrected chi connectivity index (χ4v) is 1.22. The van der Waals surface area contributed by atoms with E-state index in [1.165, 1.54) is 0 Å². The minimum Gasteiger partial charge on any atom is -0.494 e. The second kappa shape index (κ2) is 5.54. The standard InChI is InChI=1S/C13H18O2/c1-10(2)7-8-15-13-6-4-5-12(9-13)11(3)14/h4-6,9-10H,7-8H2,1-3H3. The lowest BCUT2D eigenvalue weighted by Gasteiger charge is -2.08. The van der Waals surface area contributed by atoms with Gasteiger partial charge in [-0.15, -0.1) is 0 Å². The summed E-state index contributed by atoms with van der Waals surface area (Å²) in [7, 11) is 0. The van der Waals surface area contributed by atoms with Crippen molar-refractivity contribution in [3.05, 3.63) is 29.8 Å². The number of rotatable bonds is 5. The van der Waals surface area contributed by atoms with Crippen LogP contribution in [-0.2, 0) is 0 Å². The van der Waals surface area contributed by atoms with Crippen LogP contribution >= 0.6 is 0 Å². The Kier molecular flexibility index (Phi) is 4.35. The van der Waals surface area contributed by atoms with Crippen LogP contribution in [0.4, 0.5) is 0 Å². The van der Waals surface area contributed by atoms with Gasteiger partial charge in [0, 0.05) is 5.56 Å². The fraction of sp³-hybridized carbons (Fsp3) is 0.462. The molecule has 0 amide bonds. The van der Waals surface area contributed by atoms with Crippen molar-refractivity contribution in [1.82, 2.24) is 0 Å². The van der Waals surface area contributed by atoms with Crippen molar-refractivity contribution < 1.29 is 9.53 Å². The third-order valence-electron chi connectivity index (χ3n) is 2.20. The summed E-state index contributed by atoms with van der Waals surface area (Å²) in [6, 6.07) is 7.33. The third kappa shape index (κ3) is 4.15. The van der Waals surface area contributed by atoms with Gasteiger partial charge in [-0.2, -0.15) is 0 Å². The molecule has 82 valence electrons. The van der Waals surface area contributed by atoms with Crippen molar-refractivity contribution in [1.29, 1.82) is 0 Å². The van der Waals surface area contributed by atoms with E-state index in [1.807, 2.05) is 12.1 Å². The zero-order valence-electron chi connectivity index (χ0n) is 9.62. The Morgan fingerprint density at radius 3 is 2.73 bits per heavy atom. The Bertz CT molecular complexity index is 329. The lowest BCUT2D eigenvalue weighted by molar-refractivity contribution is 0.101. The molecule has 0 spiro atoms. The Morgan fingerprint density at radius 2 is 2.13 bits per heavy atom. The Labute approximate surface area is 91.3 Å². The fourth-order valence-electron chi connectivity index (χ4n) is 1.22. The maximum atomic E-state index is 11.1. The molecule has 0 saturated carbocycles.